The van der Waals surface area contributed by atoms with Gasteiger partial charge in [0.1, 0.15) is 5.75 Å². The summed E-state index contributed by atoms with van der Waals surface area (Å²) >= 11 is 0. The second-order valence-electron chi connectivity index (χ2n) is 8.75. The SMILES string of the molecule is Cc1cc([C@H]2OCC[C@@]34C[C@@H](C[C@H]23)C(C)(C)[C@H]4O)cc(C)c1O. The Morgan fingerprint density at radius 3 is 2.43 bits per heavy atom. The summed E-state index contributed by atoms with van der Waals surface area (Å²) in [6.45, 7) is 9.08. The standard InChI is InChI=1S/C20H28O3/c1-11-7-13(8-12(2)16(11)21)17-15-9-14-10-20(15,5-6-23-17)18(22)19(14,3)4/h7-8,14-15,17-18,21-22H,5-6,9-10H2,1-4H3/t14-,15-,17-,18-,20-/m1/s1. The van der Waals surface area contributed by atoms with Crippen molar-refractivity contribution in [1.82, 2.24) is 0 Å². The molecule has 0 radical (unpaired) electrons. The van der Waals surface area contributed by atoms with Crippen molar-refractivity contribution in [2.24, 2.45) is 22.7 Å². The summed E-state index contributed by atoms with van der Waals surface area (Å²) < 4.78 is 6.20. The maximum atomic E-state index is 11.1. The van der Waals surface area contributed by atoms with Crippen LogP contribution in [0.25, 0.3) is 0 Å². The molecule has 0 aromatic heterocycles. The summed E-state index contributed by atoms with van der Waals surface area (Å²) in [4.78, 5) is 0. The molecule has 2 aliphatic carbocycles. The molecule has 1 saturated heterocycles. The fraction of sp³-hybridized carbons (Fsp3) is 0.700. The van der Waals surface area contributed by atoms with Crippen molar-refractivity contribution in [2.75, 3.05) is 6.61 Å². The smallest absolute Gasteiger partial charge is 0.121 e. The van der Waals surface area contributed by atoms with Crippen LogP contribution in [0.5, 0.6) is 5.75 Å². The molecule has 126 valence electrons. The van der Waals surface area contributed by atoms with Crippen LogP contribution in [-0.4, -0.2) is 22.9 Å². The monoisotopic (exact) mass is 316 g/mol. The Morgan fingerprint density at radius 2 is 1.83 bits per heavy atom. The van der Waals surface area contributed by atoms with Gasteiger partial charge in [0.2, 0.25) is 0 Å². The Balaban J connectivity index is 1.73. The zero-order valence-corrected chi connectivity index (χ0v) is 14.6. The number of phenols is 1. The van der Waals surface area contributed by atoms with Crippen molar-refractivity contribution >= 4 is 0 Å². The number of benzene rings is 1. The summed E-state index contributed by atoms with van der Waals surface area (Å²) in [5.74, 6) is 1.37. The lowest BCUT2D eigenvalue weighted by atomic mass is 9.60. The van der Waals surface area contributed by atoms with Crippen molar-refractivity contribution in [1.29, 1.82) is 0 Å². The number of fused-ring (bicyclic) bond motifs is 1. The highest BCUT2D eigenvalue weighted by Crippen LogP contribution is 2.70. The van der Waals surface area contributed by atoms with E-state index in [0.29, 0.717) is 17.6 Å². The van der Waals surface area contributed by atoms with Crippen LogP contribution in [-0.2, 0) is 4.74 Å². The van der Waals surface area contributed by atoms with E-state index in [1.807, 2.05) is 13.8 Å². The highest BCUT2D eigenvalue weighted by Gasteiger charge is 2.68. The largest absolute Gasteiger partial charge is 0.507 e. The summed E-state index contributed by atoms with van der Waals surface area (Å²) in [6, 6.07) is 4.13. The predicted octanol–water partition coefficient (Wildman–Crippen LogP) is 3.88. The Kier molecular flexibility index (Phi) is 3.18. The third-order valence-electron chi connectivity index (χ3n) is 7.28. The van der Waals surface area contributed by atoms with Crippen LogP contribution in [0.2, 0.25) is 0 Å². The number of hydrogen-bond donors (Lipinski definition) is 2. The third-order valence-corrected chi connectivity index (χ3v) is 7.28. The molecule has 23 heavy (non-hydrogen) atoms. The Morgan fingerprint density at radius 1 is 1.17 bits per heavy atom. The molecule has 1 spiro atoms. The Labute approximate surface area is 138 Å². The third kappa shape index (κ3) is 1.90. The van der Waals surface area contributed by atoms with Gasteiger partial charge >= 0.3 is 0 Å². The van der Waals surface area contributed by atoms with Gasteiger partial charge in [-0.1, -0.05) is 13.8 Å². The normalized spacial score (nSPS) is 41.1. The molecule has 0 amide bonds. The number of phenolic OH excluding ortho intramolecular Hbond substituents is 1. The molecular weight excluding hydrogens is 288 g/mol. The maximum Gasteiger partial charge on any atom is 0.121 e. The van der Waals surface area contributed by atoms with Gasteiger partial charge in [-0.25, -0.2) is 0 Å². The molecule has 4 rings (SSSR count). The van der Waals surface area contributed by atoms with E-state index >= 15 is 0 Å². The van der Waals surface area contributed by atoms with Gasteiger partial charge in [0, 0.05) is 12.0 Å². The summed E-state index contributed by atoms with van der Waals surface area (Å²) in [5, 5.41) is 21.1. The average Bonchev–Trinajstić information content (AvgIpc) is 2.98. The molecule has 1 aromatic carbocycles. The van der Waals surface area contributed by atoms with Crippen molar-refractivity contribution in [3.63, 3.8) is 0 Å². The number of ether oxygens (including phenoxy) is 1. The van der Waals surface area contributed by atoms with Crippen LogP contribution in [0.3, 0.4) is 0 Å². The fourth-order valence-electron chi connectivity index (χ4n) is 5.90. The summed E-state index contributed by atoms with van der Waals surface area (Å²) in [7, 11) is 0. The van der Waals surface area contributed by atoms with E-state index in [2.05, 4.69) is 26.0 Å². The van der Waals surface area contributed by atoms with Crippen molar-refractivity contribution in [3.05, 3.63) is 28.8 Å². The second kappa shape index (κ2) is 4.73. The zero-order chi connectivity index (χ0) is 16.6. The Hall–Kier alpha value is -1.06. The molecule has 3 fully saturated rings. The molecule has 3 heteroatoms. The molecule has 3 nitrogen and oxygen atoms in total. The quantitative estimate of drug-likeness (QED) is 0.826. The average molecular weight is 316 g/mol. The van der Waals surface area contributed by atoms with E-state index in [4.69, 9.17) is 4.74 Å². The van der Waals surface area contributed by atoms with E-state index < -0.39 is 0 Å². The molecule has 2 N–H and O–H groups in total. The number of aromatic hydroxyl groups is 1. The maximum absolute atomic E-state index is 11.1. The van der Waals surface area contributed by atoms with Crippen LogP contribution in [0.15, 0.2) is 12.1 Å². The zero-order valence-electron chi connectivity index (χ0n) is 14.6. The van der Waals surface area contributed by atoms with Crippen molar-refractivity contribution in [3.8, 4) is 5.75 Å². The van der Waals surface area contributed by atoms with Crippen LogP contribution in [0.4, 0.5) is 0 Å². The first kappa shape index (κ1) is 15.5. The lowest BCUT2D eigenvalue weighted by Gasteiger charge is -2.51. The number of aliphatic hydroxyl groups excluding tert-OH is 1. The molecule has 1 heterocycles. The lowest BCUT2D eigenvalue weighted by molar-refractivity contribution is -0.164. The van der Waals surface area contributed by atoms with Gasteiger partial charge in [-0.15, -0.1) is 0 Å². The van der Waals surface area contributed by atoms with Gasteiger partial charge in [-0.3, -0.25) is 0 Å². The topological polar surface area (TPSA) is 49.7 Å². The van der Waals surface area contributed by atoms with E-state index in [1.165, 1.54) is 5.56 Å². The minimum atomic E-state index is -0.232. The lowest BCUT2D eigenvalue weighted by Crippen LogP contribution is -2.51. The molecule has 5 atom stereocenters. The molecule has 1 aliphatic heterocycles. The van der Waals surface area contributed by atoms with Crippen molar-refractivity contribution in [2.45, 2.75) is 59.2 Å². The minimum absolute atomic E-state index is 0.0246. The van der Waals surface area contributed by atoms with Crippen LogP contribution in [0, 0.1) is 36.5 Å². The Bertz CT molecular complexity index is 627. The highest BCUT2D eigenvalue weighted by molar-refractivity contribution is 5.43. The summed E-state index contributed by atoms with van der Waals surface area (Å²) in [5.41, 5.74) is 3.04. The fourth-order valence-corrected chi connectivity index (χ4v) is 5.90. The van der Waals surface area contributed by atoms with E-state index in [1.54, 1.807) is 0 Å². The second-order valence-corrected chi connectivity index (χ2v) is 8.75. The van der Waals surface area contributed by atoms with E-state index in [-0.39, 0.29) is 23.0 Å². The van der Waals surface area contributed by atoms with E-state index in [0.717, 1.165) is 37.0 Å². The molecule has 3 aliphatic rings. The van der Waals surface area contributed by atoms with Crippen LogP contribution in [0.1, 0.15) is 55.9 Å². The van der Waals surface area contributed by atoms with Gasteiger partial charge in [-0.05, 0) is 79.2 Å². The van der Waals surface area contributed by atoms with E-state index in [9.17, 15) is 10.2 Å². The minimum Gasteiger partial charge on any atom is -0.507 e. The number of aliphatic hydroxyl groups is 1. The molecule has 2 saturated carbocycles. The first-order valence-corrected chi connectivity index (χ1v) is 8.87. The predicted molar refractivity (Wildman–Crippen MR) is 89.3 cm³/mol. The van der Waals surface area contributed by atoms with Gasteiger partial charge in [0.05, 0.1) is 12.2 Å². The van der Waals surface area contributed by atoms with Gasteiger partial charge in [0.15, 0.2) is 0 Å². The van der Waals surface area contributed by atoms with Crippen molar-refractivity contribution < 1.29 is 14.9 Å². The number of rotatable bonds is 1. The highest BCUT2D eigenvalue weighted by atomic mass is 16.5. The first-order chi connectivity index (χ1) is 10.8. The number of aryl methyl sites for hydroxylation is 2. The summed E-state index contributed by atoms with van der Waals surface area (Å²) in [6.07, 6.45) is 3.09. The molecule has 2 bridgehead atoms. The molecule has 1 aromatic rings. The van der Waals surface area contributed by atoms with Crippen LogP contribution >= 0.6 is 0 Å². The van der Waals surface area contributed by atoms with Gasteiger partial charge < -0.3 is 14.9 Å². The van der Waals surface area contributed by atoms with Gasteiger partial charge in [-0.2, -0.15) is 0 Å². The molecule has 0 unspecified atom stereocenters. The molecular formula is C20H28O3. The number of hydrogen-bond acceptors (Lipinski definition) is 3. The first-order valence-electron chi connectivity index (χ1n) is 8.87. The van der Waals surface area contributed by atoms with Crippen LogP contribution < -0.4 is 0 Å². The van der Waals surface area contributed by atoms with Gasteiger partial charge in [0.25, 0.3) is 0 Å².